The summed E-state index contributed by atoms with van der Waals surface area (Å²) in [6, 6.07) is 12.3. The van der Waals surface area contributed by atoms with Gasteiger partial charge >= 0.3 is 23.3 Å². The molecular formula is C18H18N4O8S. The molecule has 0 N–H and O–H groups in total. The highest BCUT2D eigenvalue weighted by molar-refractivity contribution is 7.79. The predicted octanol–water partition coefficient (Wildman–Crippen LogP) is 3.36. The van der Waals surface area contributed by atoms with Crippen LogP contribution in [0.15, 0.2) is 48.5 Å². The number of diazo groups is 2. The minimum Gasteiger partial charge on any atom is -0.759 e. The Morgan fingerprint density at radius 2 is 1.03 bits per heavy atom. The van der Waals surface area contributed by atoms with Crippen LogP contribution in [0.4, 0.5) is 11.4 Å². The van der Waals surface area contributed by atoms with Gasteiger partial charge in [-0.3, -0.25) is 8.42 Å². The maximum atomic E-state index is 11.1. The summed E-state index contributed by atoms with van der Waals surface area (Å²) in [5, 5.41) is 16.8. The summed E-state index contributed by atoms with van der Waals surface area (Å²) < 4.78 is 43.6. The van der Waals surface area contributed by atoms with Crippen LogP contribution in [0.2, 0.25) is 0 Å². The van der Waals surface area contributed by atoms with Crippen LogP contribution in [0.25, 0.3) is 9.95 Å². The average Bonchev–Trinajstić information content (AvgIpc) is 2.73. The molecule has 0 amide bonds. The fourth-order valence-corrected chi connectivity index (χ4v) is 1.76. The van der Waals surface area contributed by atoms with Gasteiger partial charge in [0, 0.05) is 34.7 Å². The van der Waals surface area contributed by atoms with E-state index in [1.165, 1.54) is 24.3 Å². The van der Waals surface area contributed by atoms with E-state index in [0.29, 0.717) is 35.7 Å². The van der Waals surface area contributed by atoms with E-state index in [9.17, 15) is 9.59 Å². The molecule has 0 aromatic heterocycles. The lowest BCUT2D eigenvalue weighted by molar-refractivity contribution is 0.0517. The normalized spacial score (nSPS) is 9.35. The predicted molar refractivity (Wildman–Crippen MR) is 105 cm³/mol. The molecule has 0 bridgehead atoms. The Kier molecular flexibility index (Phi) is 12.4. The second-order valence-electron chi connectivity index (χ2n) is 5.14. The fourth-order valence-electron chi connectivity index (χ4n) is 1.76. The smallest absolute Gasteiger partial charge is 0.385 e. The van der Waals surface area contributed by atoms with Gasteiger partial charge in [-0.25, -0.2) is 9.59 Å². The Hall–Kier alpha value is -3.91. The number of esters is 2. The van der Waals surface area contributed by atoms with E-state index in [0.717, 1.165) is 0 Å². The molecule has 2 aromatic rings. The number of hydrogen-bond donors (Lipinski definition) is 0. The Labute approximate surface area is 178 Å². The van der Waals surface area contributed by atoms with Crippen molar-refractivity contribution in [1.82, 2.24) is 0 Å². The van der Waals surface area contributed by atoms with Gasteiger partial charge in [-0.15, -0.1) is 0 Å². The highest BCUT2D eigenvalue weighted by Crippen LogP contribution is 2.13. The zero-order valence-corrected chi connectivity index (χ0v) is 17.3. The lowest BCUT2D eigenvalue weighted by Gasteiger charge is -2.06. The van der Waals surface area contributed by atoms with Gasteiger partial charge in [-0.05, 0) is 38.1 Å². The van der Waals surface area contributed by atoms with Crippen LogP contribution in [0, 0.1) is 10.8 Å². The summed E-state index contributed by atoms with van der Waals surface area (Å²) in [7, 11) is -5.17. The van der Waals surface area contributed by atoms with Crippen molar-refractivity contribution < 1.29 is 36.6 Å². The largest absolute Gasteiger partial charge is 0.759 e. The van der Waals surface area contributed by atoms with E-state index in [-0.39, 0.29) is 11.9 Å². The molecule has 0 saturated heterocycles. The number of hydrogen-bond acceptors (Lipinski definition) is 10. The van der Waals surface area contributed by atoms with Crippen molar-refractivity contribution in [3.8, 4) is 0 Å². The maximum absolute atomic E-state index is 11.1. The SMILES string of the molecule is CCOC(=O)c1ccc([N+]#N)cc1.CCOC(=O)c1ccc([N+]#N)cc1.O=S(=O)([O-])[O-]. The molecule has 12 nitrogen and oxygen atoms in total. The van der Waals surface area contributed by atoms with Crippen LogP contribution < -0.4 is 0 Å². The summed E-state index contributed by atoms with van der Waals surface area (Å²) in [4.78, 5) is 28.2. The van der Waals surface area contributed by atoms with Crippen LogP contribution >= 0.6 is 0 Å². The third kappa shape index (κ3) is 13.0. The molecule has 31 heavy (non-hydrogen) atoms. The first-order valence-electron chi connectivity index (χ1n) is 8.46. The number of rotatable bonds is 4. The molecule has 2 rings (SSSR count). The molecular weight excluding hydrogens is 432 g/mol. The van der Waals surface area contributed by atoms with Gasteiger partial charge in [-0.2, -0.15) is 0 Å². The van der Waals surface area contributed by atoms with Gasteiger partial charge in [0.05, 0.1) is 24.3 Å². The molecule has 0 fully saturated rings. The van der Waals surface area contributed by atoms with Crippen molar-refractivity contribution in [3.63, 3.8) is 0 Å². The molecule has 0 aliphatic carbocycles. The monoisotopic (exact) mass is 450 g/mol. The van der Waals surface area contributed by atoms with E-state index in [1.54, 1.807) is 38.1 Å². The average molecular weight is 450 g/mol. The van der Waals surface area contributed by atoms with Crippen LogP contribution in [-0.4, -0.2) is 42.7 Å². The summed E-state index contributed by atoms with van der Waals surface area (Å²) in [6.07, 6.45) is 0. The first-order valence-corrected chi connectivity index (χ1v) is 9.80. The molecule has 0 spiro atoms. The summed E-state index contributed by atoms with van der Waals surface area (Å²) >= 11 is 0. The second-order valence-corrected chi connectivity index (χ2v) is 5.96. The molecule has 0 heterocycles. The number of nitrogens with zero attached hydrogens (tertiary/aromatic N) is 4. The molecule has 164 valence electrons. The first kappa shape index (κ1) is 27.1. The Balaban J connectivity index is 0.000000479. The van der Waals surface area contributed by atoms with Gasteiger partial charge in [0.2, 0.25) is 10.8 Å². The van der Waals surface area contributed by atoms with Crippen LogP contribution in [0.3, 0.4) is 0 Å². The Morgan fingerprint density at radius 1 is 0.774 bits per heavy atom. The van der Waals surface area contributed by atoms with Crippen LogP contribution in [0.5, 0.6) is 0 Å². The maximum Gasteiger partial charge on any atom is 0.385 e. The minimum absolute atomic E-state index is 0.352. The molecule has 0 aliphatic heterocycles. The fraction of sp³-hybridized carbons (Fsp3) is 0.222. The van der Waals surface area contributed by atoms with Gasteiger partial charge in [-0.1, -0.05) is 0 Å². The van der Waals surface area contributed by atoms with Gasteiger partial charge < -0.3 is 18.6 Å². The second kappa shape index (κ2) is 14.1. The van der Waals surface area contributed by atoms with Gasteiger partial charge in [0.15, 0.2) is 9.95 Å². The first-order chi connectivity index (χ1) is 14.5. The van der Waals surface area contributed by atoms with Crippen molar-refractivity contribution >= 4 is 33.7 Å². The molecule has 0 saturated carbocycles. The van der Waals surface area contributed by atoms with E-state index in [2.05, 4.69) is 9.95 Å². The molecule has 0 atom stereocenters. The van der Waals surface area contributed by atoms with Crippen molar-refractivity contribution in [2.75, 3.05) is 13.2 Å². The van der Waals surface area contributed by atoms with Crippen molar-refractivity contribution in [2.45, 2.75) is 13.8 Å². The number of ether oxygens (including phenoxy) is 2. The number of carbonyl (C=O) groups is 2. The lowest BCUT2D eigenvalue weighted by atomic mass is 10.2. The van der Waals surface area contributed by atoms with Crippen molar-refractivity contribution in [3.05, 3.63) is 69.6 Å². The number of carbonyl (C=O) groups excluding carboxylic acids is 2. The van der Waals surface area contributed by atoms with E-state index in [4.69, 9.17) is 37.8 Å². The molecule has 0 unspecified atom stereocenters. The lowest BCUT2D eigenvalue weighted by Crippen LogP contribution is -2.03. The third-order valence-electron chi connectivity index (χ3n) is 2.99. The number of benzene rings is 2. The molecule has 0 radical (unpaired) electrons. The van der Waals surface area contributed by atoms with Crippen molar-refractivity contribution in [2.24, 2.45) is 0 Å². The molecule has 0 aliphatic rings. The van der Waals surface area contributed by atoms with Gasteiger partial charge in [0.25, 0.3) is 0 Å². The zero-order valence-electron chi connectivity index (χ0n) is 16.5. The summed E-state index contributed by atoms with van der Waals surface area (Å²) in [6.45, 7) is 4.20. The van der Waals surface area contributed by atoms with E-state index < -0.39 is 10.4 Å². The third-order valence-corrected chi connectivity index (χ3v) is 2.99. The zero-order chi connectivity index (χ0) is 23.9. The van der Waals surface area contributed by atoms with Crippen LogP contribution in [0.1, 0.15) is 34.6 Å². The van der Waals surface area contributed by atoms with E-state index >= 15 is 0 Å². The molecule has 2 aromatic carbocycles. The highest BCUT2D eigenvalue weighted by atomic mass is 32.3. The Morgan fingerprint density at radius 3 is 1.23 bits per heavy atom. The minimum atomic E-state index is -5.17. The van der Waals surface area contributed by atoms with Crippen LogP contribution in [-0.2, 0) is 19.9 Å². The quantitative estimate of drug-likeness (QED) is 0.289. The standard InChI is InChI=1S/2C9H9N2O2.H2O4S/c2*1-2-13-9(12)7-3-5-8(11-10)6-4-7;1-5(2,3)4/h2*3-6H,2H2,1H3;(H2,1,2,3,4)/q2*+1;/p-2. The summed E-state index contributed by atoms with van der Waals surface area (Å²) in [5.41, 5.74) is 1.73. The summed E-state index contributed by atoms with van der Waals surface area (Å²) in [5.74, 6) is -0.737. The van der Waals surface area contributed by atoms with Crippen molar-refractivity contribution in [1.29, 1.82) is 10.8 Å². The topological polar surface area (TPSA) is 189 Å². The highest BCUT2D eigenvalue weighted by Gasteiger charge is 2.09. The molecule has 13 heteroatoms. The van der Waals surface area contributed by atoms with Gasteiger partial charge in [0.1, 0.15) is 0 Å². The Bertz CT molecular complexity index is 960. The van der Waals surface area contributed by atoms with E-state index in [1.807, 2.05) is 0 Å².